The van der Waals surface area contributed by atoms with Crippen molar-refractivity contribution < 1.29 is 20.1 Å². The molecule has 4 nitrogen and oxygen atoms in total. The molecule has 1 aliphatic carbocycles. The third-order valence-corrected chi connectivity index (χ3v) is 3.11. The Morgan fingerprint density at radius 1 is 1.25 bits per heavy atom. The molecule has 2 fully saturated rings. The highest BCUT2D eigenvalue weighted by atomic mass is 16.6. The van der Waals surface area contributed by atoms with Crippen LogP contribution in [0.25, 0.3) is 0 Å². The average Bonchev–Trinajstić information content (AvgIpc) is 2.55. The lowest BCUT2D eigenvalue weighted by Gasteiger charge is -2.14. The third-order valence-electron chi connectivity index (χ3n) is 3.11. The van der Waals surface area contributed by atoms with Gasteiger partial charge in [-0.15, -0.1) is 0 Å². The van der Waals surface area contributed by atoms with Gasteiger partial charge in [-0.1, -0.05) is 0 Å². The van der Waals surface area contributed by atoms with Crippen LogP contribution >= 0.6 is 0 Å². The first kappa shape index (κ1) is 8.44. The van der Waals surface area contributed by atoms with Gasteiger partial charge in [0.1, 0.15) is 0 Å². The Balaban J connectivity index is 2.08. The summed E-state index contributed by atoms with van der Waals surface area (Å²) < 4.78 is 5.00. The largest absolute Gasteiger partial charge is 0.396 e. The minimum atomic E-state index is -0.735. The molecule has 5 atom stereocenters. The lowest BCUT2D eigenvalue weighted by atomic mass is 9.98. The van der Waals surface area contributed by atoms with Crippen LogP contribution in [-0.4, -0.2) is 40.9 Å². The molecule has 0 aromatic heterocycles. The standard InChI is InChI=1S/C8H14O4/c9-2-4-1-5-6(7(4)10)3-12-8(5)11/h4-11H,1-3H2/t4-,5-,6-,7-,8+/m1/s1. The van der Waals surface area contributed by atoms with Crippen molar-refractivity contribution in [2.24, 2.45) is 17.8 Å². The molecule has 1 saturated carbocycles. The van der Waals surface area contributed by atoms with Gasteiger partial charge in [-0.3, -0.25) is 0 Å². The van der Waals surface area contributed by atoms with Gasteiger partial charge in [0, 0.05) is 24.4 Å². The molecule has 0 amide bonds. The maximum Gasteiger partial charge on any atom is 0.157 e. The second-order valence-electron chi connectivity index (χ2n) is 3.72. The normalized spacial score (nSPS) is 52.8. The van der Waals surface area contributed by atoms with E-state index in [0.717, 1.165) is 0 Å². The summed E-state index contributed by atoms with van der Waals surface area (Å²) in [5.41, 5.74) is 0. The van der Waals surface area contributed by atoms with Crippen molar-refractivity contribution in [3.63, 3.8) is 0 Å². The summed E-state index contributed by atoms with van der Waals surface area (Å²) in [5, 5.41) is 27.8. The van der Waals surface area contributed by atoms with E-state index < -0.39 is 12.4 Å². The van der Waals surface area contributed by atoms with Gasteiger partial charge < -0.3 is 20.1 Å². The Labute approximate surface area is 70.8 Å². The van der Waals surface area contributed by atoms with E-state index in [9.17, 15) is 10.2 Å². The van der Waals surface area contributed by atoms with Crippen molar-refractivity contribution in [2.75, 3.05) is 13.2 Å². The molecule has 3 N–H and O–H groups in total. The highest BCUT2D eigenvalue weighted by Crippen LogP contribution is 2.42. The van der Waals surface area contributed by atoms with E-state index in [1.807, 2.05) is 0 Å². The molecule has 0 radical (unpaired) electrons. The topological polar surface area (TPSA) is 69.9 Å². The molecule has 0 unspecified atom stereocenters. The Morgan fingerprint density at radius 3 is 2.58 bits per heavy atom. The monoisotopic (exact) mass is 174 g/mol. The van der Waals surface area contributed by atoms with Crippen LogP contribution in [0, 0.1) is 17.8 Å². The molecule has 4 heteroatoms. The molecular weight excluding hydrogens is 160 g/mol. The quantitative estimate of drug-likeness (QED) is 0.474. The first-order valence-corrected chi connectivity index (χ1v) is 4.32. The van der Waals surface area contributed by atoms with E-state index in [1.165, 1.54) is 0 Å². The molecule has 1 saturated heterocycles. The molecule has 0 bridgehead atoms. The number of aliphatic hydroxyl groups is 3. The summed E-state index contributed by atoms with van der Waals surface area (Å²) in [6.07, 6.45) is -0.568. The summed E-state index contributed by atoms with van der Waals surface area (Å²) in [4.78, 5) is 0. The van der Waals surface area contributed by atoms with Gasteiger partial charge in [0.25, 0.3) is 0 Å². The van der Waals surface area contributed by atoms with Crippen molar-refractivity contribution in [1.29, 1.82) is 0 Å². The van der Waals surface area contributed by atoms with Crippen molar-refractivity contribution in [3.8, 4) is 0 Å². The van der Waals surface area contributed by atoms with Crippen LogP contribution in [0.2, 0.25) is 0 Å². The second-order valence-corrected chi connectivity index (χ2v) is 3.72. The number of hydrogen-bond donors (Lipinski definition) is 3. The Kier molecular flexibility index (Phi) is 2.08. The van der Waals surface area contributed by atoms with E-state index in [-0.39, 0.29) is 24.4 Å². The van der Waals surface area contributed by atoms with Crippen LogP contribution in [0.15, 0.2) is 0 Å². The molecule has 2 rings (SSSR count). The van der Waals surface area contributed by atoms with Crippen molar-refractivity contribution in [2.45, 2.75) is 18.8 Å². The highest BCUT2D eigenvalue weighted by molar-refractivity contribution is 4.94. The Morgan fingerprint density at radius 2 is 2.00 bits per heavy atom. The summed E-state index contributed by atoms with van der Waals surface area (Å²) >= 11 is 0. The smallest absolute Gasteiger partial charge is 0.157 e. The van der Waals surface area contributed by atoms with Crippen molar-refractivity contribution in [3.05, 3.63) is 0 Å². The van der Waals surface area contributed by atoms with Gasteiger partial charge >= 0.3 is 0 Å². The van der Waals surface area contributed by atoms with Crippen LogP contribution < -0.4 is 0 Å². The van der Waals surface area contributed by atoms with E-state index in [0.29, 0.717) is 13.0 Å². The summed E-state index contributed by atoms with van der Waals surface area (Å²) in [5.74, 6) is -0.0205. The van der Waals surface area contributed by atoms with Crippen molar-refractivity contribution in [1.82, 2.24) is 0 Å². The number of hydrogen-bond acceptors (Lipinski definition) is 4. The molecule has 2 aliphatic rings. The molecule has 1 heterocycles. The first-order chi connectivity index (χ1) is 5.74. The zero-order valence-corrected chi connectivity index (χ0v) is 6.76. The van der Waals surface area contributed by atoms with Crippen LogP contribution in [0.1, 0.15) is 6.42 Å². The van der Waals surface area contributed by atoms with Gasteiger partial charge in [0.05, 0.1) is 12.7 Å². The minimum Gasteiger partial charge on any atom is -0.396 e. The maximum absolute atomic E-state index is 9.63. The van der Waals surface area contributed by atoms with E-state index in [2.05, 4.69) is 0 Å². The van der Waals surface area contributed by atoms with Gasteiger partial charge in [0.2, 0.25) is 0 Å². The lowest BCUT2D eigenvalue weighted by molar-refractivity contribution is -0.0873. The molecule has 1 aliphatic heterocycles. The van der Waals surface area contributed by atoms with Gasteiger partial charge in [0.15, 0.2) is 6.29 Å². The summed E-state index contributed by atoms with van der Waals surface area (Å²) in [6, 6.07) is 0. The van der Waals surface area contributed by atoms with Crippen molar-refractivity contribution >= 4 is 0 Å². The minimum absolute atomic E-state index is 0.000880. The fraction of sp³-hybridized carbons (Fsp3) is 1.00. The van der Waals surface area contributed by atoms with Crippen LogP contribution in [0.4, 0.5) is 0 Å². The fourth-order valence-electron chi connectivity index (χ4n) is 2.33. The second kappa shape index (κ2) is 2.96. The van der Waals surface area contributed by atoms with E-state index in [4.69, 9.17) is 9.84 Å². The molecule has 0 spiro atoms. The first-order valence-electron chi connectivity index (χ1n) is 4.32. The predicted molar refractivity (Wildman–Crippen MR) is 40.1 cm³/mol. The third kappa shape index (κ3) is 1.07. The van der Waals surface area contributed by atoms with E-state index in [1.54, 1.807) is 0 Å². The molecule has 0 aromatic carbocycles. The molecule has 70 valence electrons. The van der Waals surface area contributed by atoms with Crippen LogP contribution in [0.5, 0.6) is 0 Å². The molecule has 0 aromatic rings. The van der Waals surface area contributed by atoms with Gasteiger partial charge in [-0.05, 0) is 6.42 Å². The number of aliphatic hydroxyl groups excluding tert-OH is 3. The SMILES string of the molecule is OC[C@H]1C[C@@H]2[C@@H](CO[C@@H]2O)[C@@H]1O. The zero-order valence-electron chi connectivity index (χ0n) is 6.76. The molecule has 12 heavy (non-hydrogen) atoms. The Hall–Kier alpha value is -0.160. The number of ether oxygens (including phenoxy) is 1. The van der Waals surface area contributed by atoms with Crippen LogP contribution in [0.3, 0.4) is 0 Å². The lowest BCUT2D eigenvalue weighted by Crippen LogP contribution is -2.25. The number of rotatable bonds is 1. The molecular formula is C8H14O4. The van der Waals surface area contributed by atoms with Gasteiger partial charge in [-0.25, -0.2) is 0 Å². The fourth-order valence-corrected chi connectivity index (χ4v) is 2.33. The average molecular weight is 174 g/mol. The Bertz CT molecular complexity index is 172. The number of fused-ring (bicyclic) bond motifs is 1. The maximum atomic E-state index is 9.63. The predicted octanol–water partition coefficient (Wildman–Crippen LogP) is -1.06. The van der Waals surface area contributed by atoms with Crippen LogP contribution in [-0.2, 0) is 4.74 Å². The van der Waals surface area contributed by atoms with Gasteiger partial charge in [-0.2, -0.15) is 0 Å². The van der Waals surface area contributed by atoms with E-state index >= 15 is 0 Å². The zero-order chi connectivity index (χ0) is 8.72. The summed E-state index contributed by atoms with van der Waals surface area (Å²) in [7, 11) is 0. The summed E-state index contributed by atoms with van der Waals surface area (Å²) in [6.45, 7) is 0.421. The highest BCUT2D eigenvalue weighted by Gasteiger charge is 2.49.